The van der Waals surface area contributed by atoms with Crippen LogP contribution in [-0.4, -0.2) is 43.4 Å². The van der Waals surface area contributed by atoms with Gasteiger partial charge in [0.1, 0.15) is 17.3 Å². The minimum Gasteiger partial charge on any atom is -0.406 e. The molecule has 33 heavy (non-hydrogen) atoms. The van der Waals surface area contributed by atoms with Gasteiger partial charge in [-0.3, -0.25) is 9.78 Å². The summed E-state index contributed by atoms with van der Waals surface area (Å²) < 4.78 is 84.0. The van der Waals surface area contributed by atoms with E-state index in [1.807, 2.05) is 0 Å². The fourth-order valence-corrected chi connectivity index (χ4v) is 2.71. The van der Waals surface area contributed by atoms with Crippen LogP contribution in [0.3, 0.4) is 0 Å². The van der Waals surface area contributed by atoms with Crippen molar-refractivity contribution < 1.29 is 40.6 Å². The number of benzene rings is 1. The third-order valence-electron chi connectivity index (χ3n) is 3.85. The summed E-state index contributed by atoms with van der Waals surface area (Å²) in [7, 11) is 0. The van der Waals surface area contributed by atoms with E-state index in [2.05, 4.69) is 34.8 Å². The number of hydrogen-bond donors (Lipinski definition) is 1. The van der Waals surface area contributed by atoms with Crippen molar-refractivity contribution in [3.05, 3.63) is 54.0 Å². The number of ether oxygens (including phenoxy) is 2. The highest BCUT2D eigenvalue weighted by Gasteiger charge is 2.34. The number of halogens is 6. The lowest BCUT2D eigenvalue weighted by Crippen LogP contribution is -2.29. The van der Waals surface area contributed by atoms with Crippen LogP contribution in [0.5, 0.6) is 11.5 Å². The van der Waals surface area contributed by atoms with Crippen LogP contribution in [0.1, 0.15) is 35.0 Å². The molecule has 2 aromatic heterocycles. The lowest BCUT2D eigenvalue weighted by molar-refractivity contribution is -0.276. The fraction of sp³-hybridized carbons (Fsp3) is 0.278. The van der Waals surface area contributed by atoms with Gasteiger partial charge in [-0.25, -0.2) is 9.97 Å². The van der Waals surface area contributed by atoms with Crippen LogP contribution in [0, 0.1) is 6.92 Å². The summed E-state index contributed by atoms with van der Waals surface area (Å²) in [6.07, 6.45) is -6.21. The highest BCUT2D eigenvalue weighted by molar-refractivity contribution is 5.95. The smallest absolute Gasteiger partial charge is 0.406 e. The van der Waals surface area contributed by atoms with E-state index in [1.54, 1.807) is 6.92 Å². The zero-order valence-electron chi connectivity index (χ0n) is 16.8. The van der Waals surface area contributed by atoms with Gasteiger partial charge in [0.15, 0.2) is 11.6 Å². The Morgan fingerprint density at radius 2 is 1.64 bits per heavy atom. The van der Waals surface area contributed by atoms with E-state index in [0.717, 1.165) is 0 Å². The minimum atomic E-state index is -5.21. The molecule has 15 heteroatoms. The number of nitrogens with one attached hydrogen (secondary N) is 1. The molecule has 0 unspecified atom stereocenters. The molecule has 0 saturated heterocycles. The van der Waals surface area contributed by atoms with Gasteiger partial charge >= 0.3 is 12.7 Å². The van der Waals surface area contributed by atoms with Crippen LogP contribution in [0.4, 0.5) is 26.3 Å². The van der Waals surface area contributed by atoms with Gasteiger partial charge in [0.25, 0.3) is 5.91 Å². The summed E-state index contributed by atoms with van der Waals surface area (Å²) in [5.74, 6) is -2.38. The summed E-state index contributed by atoms with van der Waals surface area (Å²) in [6.45, 7) is 3.06. The van der Waals surface area contributed by atoms with Crippen LogP contribution in [0.2, 0.25) is 0 Å². The van der Waals surface area contributed by atoms with E-state index in [0.29, 0.717) is 24.0 Å². The van der Waals surface area contributed by atoms with Crippen molar-refractivity contribution in [1.29, 1.82) is 0 Å². The van der Waals surface area contributed by atoms with Crippen LogP contribution in [0.15, 0.2) is 36.8 Å². The summed E-state index contributed by atoms with van der Waals surface area (Å²) in [5.41, 5.74) is -0.579. The highest BCUT2D eigenvalue weighted by Crippen LogP contribution is 2.31. The molecule has 0 bridgehead atoms. The number of aromatic nitrogens is 5. The Hall–Kier alpha value is -3.91. The molecule has 0 aliphatic carbocycles. The third-order valence-corrected chi connectivity index (χ3v) is 3.85. The summed E-state index contributed by atoms with van der Waals surface area (Å²) >= 11 is 0. The molecule has 3 rings (SSSR count). The second-order valence-electron chi connectivity index (χ2n) is 6.48. The first-order chi connectivity index (χ1) is 15.3. The van der Waals surface area contributed by atoms with Crippen LogP contribution < -0.4 is 14.8 Å². The molecule has 0 spiro atoms. The number of carbonyl (C=O) groups excluding carboxylic acids is 1. The Morgan fingerprint density at radius 3 is 2.15 bits per heavy atom. The molecule has 0 fully saturated rings. The molecule has 3 aromatic rings. The second kappa shape index (κ2) is 8.91. The van der Waals surface area contributed by atoms with Gasteiger partial charge in [0.2, 0.25) is 0 Å². The normalized spacial score (nSPS) is 12.8. The van der Waals surface area contributed by atoms with Crippen molar-refractivity contribution in [2.24, 2.45) is 0 Å². The highest BCUT2D eigenvalue weighted by atomic mass is 19.4. The maximum absolute atomic E-state index is 12.6. The first kappa shape index (κ1) is 23.7. The van der Waals surface area contributed by atoms with E-state index in [1.165, 1.54) is 30.2 Å². The van der Waals surface area contributed by atoms with Gasteiger partial charge < -0.3 is 14.8 Å². The van der Waals surface area contributed by atoms with Gasteiger partial charge in [-0.1, -0.05) is 0 Å². The first-order valence-corrected chi connectivity index (χ1v) is 8.98. The van der Waals surface area contributed by atoms with Crippen molar-refractivity contribution >= 4 is 5.91 Å². The standard InChI is InChI=1S/C18H14F6N6O3/c1-9(15-28-10(2)29-30(15)14-8-25-3-4-26-14)27-16(31)11-5-12(32-17(19,20)21)7-13(6-11)33-18(22,23)24/h3-9H,1-2H3,(H,27,31)/t9-/m0/s1. The van der Waals surface area contributed by atoms with Crippen molar-refractivity contribution in [3.63, 3.8) is 0 Å². The number of aryl methyl sites for hydroxylation is 1. The molecule has 176 valence electrons. The molecular weight excluding hydrogens is 462 g/mol. The maximum Gasteiger partial charge on any atom is 0.573 e. The predicted molar refractivity (Wildman–Crippen MR) is 97.4 cm³/mol. The van der Waals surface area contributed by atoms with Crippen LogP contribution in [0.25, 0.3) is 5.82 Å². The molecule has 0 aliphatic heterocycles. The summed E-state index contributed by atoms with van der Waals surface area (Å²) in [6, 6.07) is 0.712. The molecule has 0 saturated carbocycles. The van der Waals surface area contributed by atoms with Crippen molar-refractivity contribution in [2.45, 2.75) is 32.6 Å². The van der Waals surface area contributed by atoms with Crippen LogP contribution in [-0.2, 0) is 0 Å². The Balaban J connectivity index is 1.89. The third kappa shape index (κ3) is 6.54. The lowest BCUT2D eigenvalue weighted by atomic mass is 10.1. The topological polar surface area (TPSA) is 104 Å². The molecule has 1 aromatic carbocycles. The van der Waals surface area contributed by atoms with E-state index in [4.69, 9.17) is 0 Å². The van der Waals surface area contributed by atoms with Gasteiger partial charge in [0, 0.05) is 24.0 Å². The Labute approximate surface area is 181 Å². The monoisotopic (exact) mass is 476 g/mol. The Kier molecular flexibility index (Phi) is 6.41. The number of nitrogens with zero attached hydrogens (tertiary/aromatic N) is 5. The molecule has 9 nitrogen and oxygen atoms in total. The molecule has 1 N–H and O–H groups in total. The van der Waals surface area contributed by atoms with E-state index in [-0.39, 0.29) is 11.6 Å². The minimum absolute atomic E-state index is 0.191. The number of hydrogen-bond acceptors (Lipinski definition) is 7. The maximum atomic E-state index is 12.6. The predicted octanol–water partition coefficient (Wildman–Crippen LogP) is 3.65. The van der Waals surface area contributed by atoms with Crippen molar-refractivity contribution in [1.82, 2.24) is 30.0 Å². The fourth-order valence-electron chi connectivity index (χ4n) is 2.71. The largest absolute Gasteiger partial charge is 0.573 e. The number of rotatable bonds is 6. The van der Waals surface area contributed by atoms with E-state index < -0.39 is 41.7 Å². The zero-order chi connectivity index (χ0) is 24.4. The molecular formula is C18H14F6N6O3. The van der Waals surface area contributed by atoms with Crippen LogP contribution >= 0.6 is 0 Å². The molecule has 1 atom stereocenters. The average molecular weight is 476 g/mol. The number of alkyl halides is 6. The Bertz CT molecular complexity index is 1100. The molecule has 2 heterocycles. The van der Waals surface area contributed by atoms with Gasteiger partial charge in [0.05, 0.1) is 12.2 Å². The van der Waals surface area contributed by atoms with Gasteiger partial charge in [-0.15, -0.1) is 31.4 Å². The number of amides is 1. The first-order valence-electron chi connectivity index (χ1n) is 8.98. The average Bonchev–Trinajstić information content (AvgIpc) is 3.07. The summed E-state index contributed by atoms with van der Waals surface area (Å²) in [4.78, 5) is 24.8. The quantitative estimate of drug-likeness (QED) is 0.542. The van der Waals surface area contributed by atoms with Gasteiger partial charge in [-0.05, 0) is 26.0 Å². The van der Waals surface area contributed by atoms with E-state index in [9.17, 15) is 31.1 Å². The van der Waals surface area contributed by atoms with Crippen molar-refractivity contribution in [3.8, 4) is 17.3 Å². The zero-order valence-corrected chi connectivity index (χ0v) is 16.8. The number of carbonyl (C=O) groups is 1. The van der Waals surface area contributed by atoms with Crippen molar-refractivity contribution in [2.75, 3.05) is 0 Å². The molecule has 0 aliphatic rings. The molecule has 1 amide bonds. The Morgan fingerprint density at radius 1 is 1.03 bits per heavy atom. The molecule has 0 radical (unpaired) electrons. The van der Waals surface area contributed by atoms with E-state index >= 15 is 0 Å². The lowest BCUT2D eigenvalue weighted by Gasteiger charge is -2.16. The summed E-state index contributed by atoms with van der Waals surface area (Å²) in [5, 5.41) is 6.58. The second-order valence-corrected chi connectivity index (χ2v) is 6.48. The SMILES string of the molecule is Cc1nc([C@H](C)NC(=O)c2cc(OC(F)(F)F)cc(OC(F)(F)F)c2)n(-c2cnccn2)n1. The van der Waals surface area contributed by atoms with Gasteiger partial charge in [-0.2, -0.15) is 4.68 Å².